The molecular weight excluding hydrogens is 471 g/mol. The SMILES string of the molecule is CN=C(NCC(=O)NC(C)(C)C)NCc1ccc(C)cc1OCCCOC.I. The summed E-state index contributed by atoms with van der Waals surface area (Å²) in [5.74, 6) is 1.33. The number of amides is 1. The van der Waals surface area contributed by atoms with Crippen molar-refractivity contribution in [3.05, 3.63) is 29.3 Å². The number of hydrogen-bond acceptors (Lipinski definition) is 4. The van der Waals surface area contributed by atoms with Gasteiger partial charge in [-0.15, -0.1) is 24.0 Å². The summed E-state index contributed by atoms with van der Waals surface area (Å²) < 4.78 is 10.9. The largest absolute Gasteiger partial charge is 0.493 e. The van der Waals surface area contributed by atoms with Gasteiger partial charge in [0.2, 0.25) is 5.91 Å². The summed E-state index contributed by atoms with van der Waals surface area (Å²) in [5.41, 5.74) is 1.91. The molecule has 0 fully saturated rings. The van der Waals surface area contributed by atoms with Gasteiger partial charge in [-0.1, -0.05) is 12.1 Å². The molecule has 0 heterocycles. The Hall–Kier alpha value is -1.55. The molecular formula is C20H35IN4O3. The summed E-state index contributed by atoms with van der Waals surface area (Å²) in [6.45, 7) is 9.85. The second-order valence-corrected chi connectivity index (χ2v) is 7.38. The van der Waals surface area contributed by atoms with Crippen molar-refractivity contribution in [2.45, 2.75) is 46.2 Å². The predicted molar refractivity (Wildman–Crippen MR) is 125 cm³/mol. The minimum absolute atomic E-state index is 0. The number of aliphatic imine (C=N–C) groups is 1. The minimum Gasteiger partial charge on any atom is -0.493 e. The Morgan fingerprint density at radius 2 is 1.89 bits per heavy atom. The molecule has 0 aromatic heterocycles. The van der Waals surface area contributed by atoms with Gasteiger partial charge in [0.25, 0.3) is 0 Å². The number of carbonyl (C=O) groups excluding carboxylic acids is 1. The monoisotopic (exact) mass is 506 g/mol. The number of ether oxygens (including phenoxy) is 2. The topological polar surface area (TPSA) is 84.0 Å². The van der Waals surface area contributed by atoms with Crippen LogP contribution in [-0.4, -0.2) is 51.3 Å². The molecule has 3 N–H and O–H groups in total. The zero-order valence-corrected chi connectivity index (χ0v) is 20.2. The van der Waals surface area contributed by atoms with Gasteiger partial charge in [0, 0.05) is 44.8 Å². The standard InChI is InChI=1S/C20H34N4O3.HI/c1-15-8-9-16(17(12-15)27-11-7-10-26-6)13-22-19(21-5)23-14-18(25)24-20(2,3)4;/h8-9,12H,7,10-11,13-14H2,1-6H3,(H,24,25)(H2,21,22,23);1H. The second-order valence-electron chi connectivity index (χ2n) is 7.38. The van der Waals surface area contributed by atoms with Crippen molar-refractivity contribution >= 4 is 35.8 Å². The van der Waals surface area contributed by atoms with Crippen molar-refractivity contribution in [3.8, 4) is 5.75 Å². The predicted octanol–water partition coefficient (Wildman–Crippen LogP) is 2.61. The van der Waals surface area contributed by atoms with Crippen LogP contribution in [0.4, 0.5) is 0 Å². The minimum atomic E-state index is -0.257. The number of nitrogens with one attached hydrogen (secondary N) is 3. The van der Waals surface area contributed by atoms with Crippen LogP contribution in [0.25, 0.3) is 0 Å². The third-order valence-electron chi connectivity index (χ3n) is 3.57. The fraction of sp³-hybridized carbons (Fsp3) is 0.600. The zero-order valence-electron chi connectivity index (χ0n) is 17.8. The summed E-state index contributed by atoms with van der Waals surface area (Å²) in [6, 6.07) is 6.11. The van der Waals surface area contributed by atoms with Crippen molar-refractivity contribution in [2.75, 3.05) is 33.9 Å². The first kappa shape index (κ1) is 26.4. The van der Waals surface area contributed by atoms with Crippen LogP contribution in [0.2, 0.25) is 0 Å². The molecule has 0 spiro atoms. The van der Waals surface area contributed by atoms with Gasteiger partial charge < -0.3 is 25.4 Å². The number of aryl methyl sites for hydroxylation is 1. The Morgan fingerprint density at radius 3 is 2.50 bits per heavy atom. The zero-order chi connectivity index (χ0) is 20.3. The van der Waals surface area contributed by atoms with Gasteiger partial charge in [0.05, 0.1) is 13.2 Å². The van der Waals surface area contributed by atoms with Crippen LogP contribution in [0, 0.1) is 6.92 Å². The maximum absolute atomic E-state index is 11.9. The summed E-state index contributed by atoms with van der Waals surface area (Å²) in [6.07, 6.45) is 0.837. The molecule has 0 saturated carbocycles. The van der Waals surface area contributed by atoms with Crippen LogP contribution < -0.4 is 20.7 Å². The van der Waals surface area contributed by atoms with E-state index in [0.29, 0.717) is 25.7 Å². The summed E-state index contributed by atoms with van der Waals surface area (Å²) >= 11 is 0. The fourth-order valence-electron chi connectivity index (χ4n) is 2.35. The fourth-order valence-corrected chi connectivity index (χ4v) is 2.35. The smallest absolute Gasteiger partial charge is 0.239 e. The van der Waals surface area contributed by atoms with Crippen molar-refractivity contribution < 1.29 is 14.3 Å². The Bertz CT molecular complexity index is 630. The van der Waals surface area contributed by atoms with Crippen LogP contribution in [-0.2, 0) is 16.1 Å². The van der Waals surface area contributed by atoms with Crippen molar-refractivity contribution in [2.24, 2.45) is 4.99 Å². The molecule has 8 heteroatoms. The lowest BCUT2D eigenvalue weighted by Crippen LogP contribution is -2.48. The van der Waals surface area contributed by atoms with Crippen molar-refractivity contribution in [1.82, 2.24) is 16.0 Å². The van der Waals surface area contributed by atoms with Gasteiger partial charge in [-0.2, -0.15) is 0 Å². The molecule has 0 unspecified atom stereocenters. The van der Waals surface area contributed by atoms with Gasteiger partial charge in [-0.05, 0) is 39.3 Å². The van der Waals surface area contributed by atoms with E-state index < -0.39 is 0 Å². The number of carbonyl (C=O) groups is 1. The molecule has 0 aliphatic rings. The molecule has 0 saturated heterocycles. The van der Waals surface area contributed by atoms with E-state index in [1.807, 2.05) is 45.9 Å². The molecule has 28 heavy (non-hydrogen) atoms. The average molecular weight is 506 g/mol. The Morgan fingerprint density at radius 1 is 1.18 bits per heavy atom. The van der Waals surface area contributed by atoms with E-state index in [4.69, 9.17) is 9.47 Å². The van der Waals surface area contributed by atoms with Crippen LogP contribution >= 0.6 is 24.0 Å². The number of rotatable bonds is 9. The molecule has 0 aliphatic heterocycles. The number of halogens is 1. The lowest BCUT2D eigenvalue weighted by Gasteiger charge is -2.21. The summed E-state index contributed by atoms with van der Waals surface area (Å²) in [5, 5.41) is 9.15. The first-order valence-corrected chi connectivity index (χ1v) is 9.22. The molecule has 0 aliphatic carbocycles. The van der Waals surface area contributed by atoms with Crippen LogP contribution in [0.3, 0.4) is 0 Å². The molecule has 1 aromatic rings. The number of guanidine groups is 1. The number of methoxy groups -OCH3 is 1. The van der Waals surface area contributed by atoms with E-state index >= 15 is 0 Å². The number of benzene rings is 1. The van der Waals surface area contributed by atoms with E-state index in [0.717, 1.165) is 23.3 Å². The van der Waals surface area contributed by atoms with Crippen LogP contribution in [0.5, 0.6) is 5.75 Å². The Balaban J connectivity index is 0.00000729. The lowest BCUT2D eigenvalue weighted by atomic mass is 10.1. The van der Waals surface area contributed by atoms with Crippen molar-refractivity contribution in [1.29, 1.82) is 0 Å². The molecule has 0 radical (unpaired) electrons. The summed E-state index contributed by atoms with van der Waals surface area (Å²) in [4.78, 5) is 16.1. The normalized spacial score (nSPS) is 11.4. The average Bonchev–Trinajstić information content (AvgIpc) is 2.58. The van der Waals surface area contributed by atoms with Gasteiger partial charge in [-0.25, -0.2) is 0 Å². The second kappa shape index (κ2) is 13.6. The maximum atomic E-state index is 11.9. The molecule has 0 bridgehead atoms. The third-order valence-corrected chi connectivity index (χ3v) is 3.57. The van der Waals surface area contributed by atoms with E-state index in [1.54, 1.807) is 14.2 Å². The van der Waals surface area contributed by atoms with Gasteiger partial charge in [0.15, 0.2) is 5.96 Å². The lowest BCUT2D eigenvalue weighted by molar-refractivity contribution is -0.121. The maximum Gasteiger partial charge on any atom is 0.239 e. The molecule has 1 amide bonds. The van der Waals surface area contributed by atoms with Crippen molar-refractivity contribution in [3.63, 3.8) is 0 Å². The highest BCUT2D eigenvalue weighted by atomic mass is 127. The molecule has 1 aromatic carbocycles. The Kier molecular flexibility index (Phi) is 12.8. The van der Waals surface area contributed by atoms with Gasteiger partial charge in [0.1, 0.15) is 5.75 Å². The highest BCUT2D eigenvalue weighted by molar-refractivity contribution is 14.0. The van der Waals surface area contributed by atoms with E-state index in [1.165, 1.54) is 0 Å². The first-order chi connectivity index (χ1) is 12.7. The van der Waals surface area contributed by atoms with Crippen LogP contribution in [0.15, 0.2) is 23.2 Å². The number of nitrogens with zero attached hydrogens (tertiary/aromatic N) is 1. The highest BCUT2D eigenvalue weighted by Gasteiger charge is 2.14. The van der Waals surface area contributed by atoms with Gasteiger partial charge in [-0.3, -0.25) is 9.79 Å². The third kappa shape index (κ3) is 11.3. The van der Waals surface area contributed by atoms with E-state index in [-0.39, 0.29) is 42.0 Å². The first-order valence-electron chi connectivity index (χ1n) is 9.22. The molecule has 0 atom stereocenters. The molecule has 7 nitrogen and oxygen atoms in total. The van der Waals surface area contributed by atoms with Gasteiger partial charge >= 0.3 is 0 Å². The van der Waals surface area contributed by atoms with E-state index in [2.05, 4.69) is 20.9 Å². The van der Waals surface area contributed by atoms with E-state index in [9.17, 15) is 4.79 Å². The Labute approximate surface area is 186 Å². The quantitative estimate of drug-likeness (QED) is 0.208. The van der Waals surface area contributed by atoms with Crippen LogP contribution in [0.1, 0.15) is 38.3 Å². The number of hydrogen-bond donors (Lipinski definition) is 3. The summed E-state index contributed by atoms with van der Waals surface area (Å²) in [7, 11) is 3.36. The molecule has 1 rings (SSSR count). The molecule has 160 valence electrons. The highest BCUT2D eigenvalue weighted by Crippen LogP contribution is 2.20.